The number of rotatable bonds is 8. The van der Waals surface area contributed by atoms with Crippen LogP contribution in [0.2, 0.25) is 0 Å². The molecule has 0 saturated carbocycles. The normalized spacial score (nSPS) is 12.3. The lowest BCUT2D eigenvalue weighted by Gasteiger charge is -2.12. The number of hydrogen-bond acceptors (Lipinski definition) is 4. The number of halogens is 1. The minimum atomic E-state index is -0.594. The highest BCUT2D eigenvalue weighted by atomic mass is 35.5. The molecule has 1 rings (SSSR count). The van der Waals surface area contributed by atoms with Gasteiger partial charge >= 0.3 is 5.82 Å². The molecule has 1 aromatic heterocycles. The topological polar surface area (TPSA) is 78.0 Å². The van der Waals surface area contributed by atoms with E-state index in [0.717, 1.165) is 25.7 Å². The van der Waals surface area contributed by atoms with Crippen LogP contribution in [0.15, 0.2) is 12.5 Å². The van der Waals surface area contributed by atoms with Crippen molar-refractivity contribution in [3.05, 3.63) is 22.6 Å². The summed E-state index contributed by atoms with van der Waals surface area (Å²) >= 11 is 5.52. The quantitative estimate of drug-likeness (QED) is 0.316. The Morgan fingerprint density at radius 2 is 2.28 bits per heavy atom. The molecular weight excluding hydrogens is 258 g/mol. The first-order chi connectivity index (χ1) is 8.56. The van der Waals surface area contributed by atoms with Crippen molar-refractivity contribution in [2.24, 2.45) is 0 Å². The van der Waals surface area contributed by atoms with Crippen LogP contribution in [-0.2, 0) is 4.79 Å². The van der Waals surface area contributed by atoms with Crippen LogP contribution in [0.5, 0.6) is 0 Å². The monoisotopic (exact) mass is 273 g/mol. The first-order valence-corrected chi connectivity index (χ1v) is 6.31. The summed E-state index contributed by atoms with van der Waals surface area (Å²) in [5.41, 5.74) is 0. The molecule has 0 aliphatic rings. The second kappa shape index (κ2) is 7.10. The predicted molar refractivity (Wildman–Crippen MR) is 67.5 cm³/mol. The maximum Gasteiger partial charge on any atom is 0.381 e. The van der Waals surface area contributed by atoms with E-state index in [9.17, 15) is 14.9 Å². The molecule has 0 aliphatic carbocycles. The maximum atomic E-state index is 11.3. The van der Waals surface area contributed by atoms with Gasteiger partial charge in [0.2, 0.25) is 11.6 Å². The van der Waals surface area contributed by atoms with Crippen molar-refractivity contribution in [1.82, 2.24) is 9.55 Å². The summed E-state index contributed by atoms with van der Waals surface area (Å²) in [6, 6.07) is -0.565. The number of carbonyl (C=O) groups excluding carboxylic acids is 1. The van der Waals surface area contributed by atoms with Crippen LogP contribution < -0.4 is 0 Å². The standard InChI is InChI=1S/C11H16ClN3O3/c1-2-3-4-5-6-9(11(12)16)14-7-10(13-8-14)15(17)18/h7-9H,2-6H2,1H3. The number of carbonyl (C=O) groups is 1. The van der Waals surface area contributed by atoms with Crippen molar-refractivity contribution in [2.45, 2.75) is 45.1 Å². The van der Waals surface area contributed by atoms with Crippen LogP contribution in [-0.4, -0.2) is 19.7 Å². The number of imidazole rings is 1. The van der Waals surface area contributed by atoms with Gasteiger partial charge in [-0.15, -0.1) is 0 Å². The highest BCUT2D eigenvalue weighted by Gasteiger charge is 2.21. The fraction of sp³-hybridized carbons (Fsp3) is 0.636. The molecule has 1 aromatic rings. The number of unbranched alkanes of at least 4 members (excludes halogenated alkanes) is 3. The first kappa shape index (κ1) is 14.6. The molecule has 100 valence electrons. The molecule has 6 nitrogen and oxygen atoms in total. The Morgan fingerprint density at radius 3 is 2.78 bits per heavy atom. The van der Waals surface area contributed by atoms with Gasteiger partial charge in [0.1, 0.15) is 12.2 Å². The molecule has 1 heterocycles. The van der Waals surface area contributed by atoms with E-state index in [0.29, 0.717) is 6.42 Å². The van der Waals surface area contributed by atoms with Crippen molar-refractivity contribution in [3.8, 4) is 0 Å². The van der Waals surface area contributed by atoms with E-state index in [1.54, 1.807) is 0 Å². The minimum absolute atomic E-state index is 0.272. The van der Waals surface area contributed by atoms with Crippen LogP contribution in [0.25, 0.3) is 0 Å². The van der Waals surface area contributed by atoms with Gasteiger partial charge in [0.15, 0.2) is 0 Å². The van der Waals surface area contributed by atoms with E-state index in [2.05, 4.69) is 11.9 Å². The van der Waals surface area contributed by atoms with Gasteiger partial charge in [-0.3, -0.25) is 9.36 Å². The summed E-state index contributed by atoms with van der Waals surface area (Å²) in [6.45, 7) is 2.10. The number of nitro groups is 1. The lowest BCUT2D eigenvalue weighted by Crippen LogP contribution is -2.13. The molecule has 0 bridgehead atoms. The zero-order valence-corrected chi connectivity index (χ0v) is 11.0. The molecule has 0 radical (unpaired) electrons. The highest BCUT2D eigenvalue weighted by Crippen LogP contribution is 2.21. The largest absolute Gasteiger partial charge is 0.381 e. The molecule has 0 aliphatic heterocycles. The fourth-order valence-corrected chi connectivity index (χ4v) is 1.96. The van der Waals surface area contributed by atoms with Crippen LogP contribution in [0, 0.1) is 10.1 Å². The predicted octanol–water partition coefficient (Wildman–Crippen LogP) is 3.07. The third-order valence-electron chi connectivity index (χ3n) is 2.73. The van der Waals surface area contributed by atoms with Crippen LogP contribution in [0.3, 0.4) is 0 Å². The van der Waals surface area contributed by atoms with Gasteiger partial charge in [-0.2, -0.15) is 0 Å². The molecule has 0 fully saturated rings. The van der Waals surface area contributed by atoms with Crippen LogP contribution in [0.4, 0.5) is 5.82 Å². The Bertz CT molecular complexity index is 419. The molecule has 0 amide bonds. The van der Waals surface area contributed by atoms with Gasteiger partial charge in [0.05, 0.1) is 0 Å². The van der Waals surface area contributed by atoms with Gasteiger partial charge in [-0.1, -0.05) is 32.6 Å². The molecule has 0 saturated heterocycles. The third-order valence-corrected chi connectivity index (χ3v) is 2.98. The van der Waals surface area contributed by atoms with Crippen molar-refractivity contribution in [1.29, 1.82) is 0 Å². The molecule has 1 atom stereocenters. The maximum absolute atomic E-state index is 11.3. The van der Waals surface area contributed by atoms with E-state index in [4.69, 9.17) is 11.6 Å². The summed E-state index contributed by atoms with van der Waals surface area (Å²) < 4.78 is 1.42. The number of nitrogens with zero attached hydrogens (tertiary/aromatic N) is 3. The summed E-state index contributed by atoms with van der Waals surface area (Å²) in [5.74, 6) is -0.272. The van der Waals surface area contributed by atoms with E-state index in [1.807, 2.05) is 0 Å². The average Bonchev–Trinajstić information content (AvgIpc) is 2.77. The van der Waals surface area contributed by atoms with E-state index in [-0.39, 0.29) is 5.82 Å². The minimum Gasteiger partial charge on any atom is -0.358 e. The van der Waals surface area contributed by atoms with Crippen molar-refractivity contribution in [2.75, 3.05) is 0 Å². The van der Waals surface area contributed by atoms with Gasteiger partial charge in [-0.25, -0.2) is 0 Å². The van der Waals surface area contributed by atoms with Crippen molar-refractivity contribution >= 4 is 22.7 Å². The molecule has 18 heavy (non-hydrogen) atoms. The lowest BCUT2D eigenvalue weighted by atomic mass is 10.1. The molecule has 7 heteroatoms. The van der Waals surface area contributed by atoms with E-state index < -0.39 is 16.2 Å². The van der Waals surface area contributed by atoms with Crippen molar-refractivity contribution < 1.29 is 9.72 Å². The van der Waals surface area contributed by atoms with E-state index in [1.165, 1.54) is 17.1 Å². The zero-order valence-electron chi connectivity index (χ0n) is 10.2. The molecule has 0 spiro atoms. The SMILES string of the molecule is CCCCCCC(C(=O)Cl)n1cnc([N+](=O)[O-])c1. The third kappa shape index (κ3) is 4.10. The smallest absolute Gasteiger partial charge is 0.358 e. The number of hydrogen-bond donors (Lipinski definition) is 0. The van der Waals surface area contributed by atoms with Gasteiger partial charge in [-0.05, 0) is 27.9 Å². The Kier molecular flexibility index (Phi) is 5.77. The summed E-state index contributed by atoms with van der Waals surface area (Å²) in [7, 11) is 0. The Hall–Kier alpha value is -1.43. The average molecular weight is 274 g/mol. The lowest BCUT2D eigenvalue weighted by molar-refractivity contribution is -0.389. The van der Waals surface area contributed by atoms with Gasteiger partial charge in [0, 0.05) is 0 Å². The summed E-state index contributed by atoms with van der Waals surface area (Å²) in [5, 5.41) is 10.0. The Balaban J connectivity index is 2.65. The first-order valence-electron chi connectivity index (χ1n) is 5.93. The molecular formula is C11H16ClN3O3. The van der Waals surface area contributed by atoms with Gasteiger partial charge < -0.3 is 10.1 Å². The second-order valence-corrected chi connectivity index (χ2v) is 4.48. The zero-order chi connectivity index (χ0) is 13.5. The highest BCUT2D eigenvalue weighted by molar-refractivity contribution is 6.64. The second-order valence-electron chi connectivity index (χ2n) is 4.11. The summed E-state index contributed by atoms with van der Waals surface area (Å²) in [6.07, 6.45) is 7.20. The van der Waals surface area contributed by atoms with Crippen molar-refractivity contribution in [3.63, 3.8) is 0 Å². The van der Waals surface area contributed by atoms with E-state index >= 15 is 0 Å². The molecule has 1 unspecified atom stereocenters. The molecule has 0 N–H and O–H groups in total. The number of aromatic nitrogens is 2. The fourth-order valence-electron chi connectivity index (χ4n) is 1.73. The molecule has 0 aromatic carbocycles. The Labute approximate surface area is 110 Å². The van der Waals surface area contributed by atoms with Crippen LogP contribution >= 0.6 is 11.6 Å². The van der Waals surface area contributed by atoms with Crippen LogP contribution in [0.1, 0.15) is 45.1 Å². The van der Waals surface area contributed by atoms with Gasteiger partial charge in [0.25, 0.3) is 0 Å². The Morgan fingerprint density at radius 1 is 1.56 bits per heavy atom. The summed E-state index contributed by atoms with van der Waals surface area (Å²) in [4.78, 5) is 24.9.